The average molecular weight is 1290 g/mol. The van der Waals surface area contributed by atoms with Gasteiger partial charge < -0.3 is 9.80 Å². The molecular weight excluding hydrogens is 1190 g/mol. The van der Waals surface area contributed by atoms with Crippen molar-refractivity contribution in [3.05, 3.63) is 288 Å². The van der Waals surface area contributed by atoms with E-state index < -0.39 is 0 Å². The van der Waals surface area contributed by atoms with E-state index in [9.17, 15) is 0 Å². The molecule has 2 aliphatic heterocycles. The minimum Gasteiger partial charge on any atom is -0.311 e. The van der Waals surface area contributed by atoms with Crippen LogP contribution in [-0.4, -0.2) is 11.7 Å². The highest BCUT2D eigenvalue weighted by atomic mass is 15.2. The van der Waals surface area contributed by atoms with Gasteiger partial charge in [-0.2, -0.15) is 0 Å². The third kappa shape index (κ3) is 13.0. The van der Waals surface area contributed by atoms with Crippen molar-refractivity contribution in [1.29, 1.82) is 0 Å². The van der Waals surface area contributed by atoms with Crippen LogP contribution in [0.25, 0.3) is 78.1 Å². The monoisotopic (exact) mass is 1290 g/mol. The summed E-state index contributed by atoms with van der Waals surface area (Å²) in [4.78, 5) is 11.4. The smallest absolute Gasteiger partial charge is 0.252 e. The van der Waals surface area contributed by atoms with Crippen LogP contribution in [0.3, 0.4) is 0 Å². The molecule has 0 unspecified atom stereocenters. The molecule has 0 aliphatic carbocycles. The predicted octanol–water partition coefficient (Wildman–Crippen LogP) is 24.6. The van der Waals surface area contributed by atoms with Crippen molar-refractivity contribution in [2.75, 3.05) is 9.80 Å². The Kier molecular flexibility index (Phi) is 16.5. The highest BCUT2D eigenvalue weighted by molar-refractivity contribution is 7.00. The first-order valence-electron chi connectivity index (χ1n) is 35.8. The van der Waals surface area contributed by atoms with Crippen molar-refractivity contribution < 1.29 is 0 Å². The zero-order valence-electron chi connectivity index (χ0n) is 61.7. The molecule has 11 aromatic carbocycles. The maximum Gasteiger partial charge on any atom is 0.252 e. The normalized spacial score (nSPS) is 13.3. The predicted molar refractivity (Wildman–Crippen MR) is 429 cm³/mol. The van der Waals surface area contributed by atoms with Crippen molar-refractivity contribution in [3.63, 3.8) is 0 Å². The second-order valence-corrected chi connectivity index (χ2v) is 34.3. The van der Waals surface area contributed by atoms with E-state index in [1.807, 2.05) is 0 Å². The van der Waals surface area contributed by atoms with E-state index >= 15 is 0 Å². The van der Waals surface area contributed by atoms with Gasteiger partial charge >= 0.3 is 0 Å². The Bertz CT molecular complexity index is 4570. The summed E-state index contributed by atoms with van der Waals surface area (Å²) < 4.78 is 0. The molecule has 3 heterocycles. The molecular formula is C95H96BN3. The Balaban J connectivity index is 1.17. The fraction of sp³-hybridized carbons (Fsp3) is 0.253. The molecule has 3 nitrogen and oxygen atoms in total. The van der Waals surface area contributed by atoms with Gasteiger partial charge in [0.1, 0.15) is 0 Å². The van der Waals surface area contributed by atoms with Gasteiger partial charge in [0.05, 0.1) is 11.4 Å². The number of hydrogen-bond acceptors (Lipinski definition) is 3. The lowest BCUT2D eigenvalue weighted by Crippen LogP contribution is -2.61. The first-order valence-corrected chi connectivity index (χ1v) is 35.8. The fourth-order valence-electron chi connectivity index (χ4n) is 14.6. The average Bonchev–Trinajstić information content (AvgIpc) is 0.693. The second kappa shape index (κ2) is 24.6. The van der Waals surface area contributed by atoms with Gasteiger partial charge in [-0.3, -0.25) is 0 Å². The van der Waals surface area contributed by atoms with Crippen LogP contribution in [0.1, 0.15) is 158 Å². The summed E-state index contributed by atoms with van der Waals surface area (Å²) in [7, 11) is 0. The van der Waals surface area contributed by atoms with E-state index in [1.54, 1.807) is 0 Å². The summed E-state index contributed by atoms with van der Waals surface area (Å²) in [6, 6.07) is 97.6. The lowest BCUT2D eigenvalue weighted by molar-refractivity contribution is 0.568. The third-order valence-electron chi connectivity index (χ3n) is 20.7. The number of anilines is 6. The first-order chi connectivity index (χ1) is 46.8. The summed E-state index contributed by atoms with van der Waals surface area (Å²) in [6.07, 6.45) is 0. The topological polar surface area (TPSA) is 19.4 Å². The Morgan fingerprint density at radius 1 is 0.222 bits per heavy atom. The largest absolute Gasteiger partial charge is 0.311 e. The zero-order chi connectivity index (χ0) is 69.9. The van der Waals surface area contributed by atoms with E-state index in [0.717, 1.165) is 95.3 Å². The molecule has 12 aromatic rings. The van der Waals surface area contributed by atoms with Crippen LogP contribution >= 0.6 is 0 Å². The molecule has 0 bridgehead atoms. The Hall–Kier alpha value is -9.77. The molecule has 2 aliphatic rings. The number of rotatable bonds is 9. The van der Waals surface area contributed by atoms with E-state index in [-0.39, 0.29) is 39.2 Å². The number of pyridine rings is 1. The SMILES string of the molecule is CC(C)(C)c1cc(-c2cc(-c3cc(C(C)(C)C)cc(C(C)(C)C)c3)nc(-c3cc4c5c(c3)N(c3cc(-c6ccccc6)cc(-c6ccccc6)c3)c3cc(C(C)(C)C)ccc3B5c3ccc(C(C)(C)C)cc3N4c3cc(-c4ccccc4)cc(-c4ccccc4)c3)c2)cc(C(C)(C)C)c1. The summed E-state index contributed by atoms with van der Waals surface area (Å²) in [5.41, 5.74) is 33.1. The summed E-state index contributed by atoms with van der Waals surface area (Å²) >= 11 is 0. The molecule has 0 saturated heterocycles. The van der Waals surface area contributed by atoms with Crippen LogP contribution < -0.4 is 26.2 Å². The van der Waals surface area contributed by atoms with Gasteiger partial charge in [0.25, 0.3) is 6.71 Å². The van der Waals surface area contributed by atoms with Crippen LogP contribution in [0.4, 0.5) is 34.1 Å². The van der Waals surface area contributed by atoms with E-state index in [1.165, 1.54) is 66.7 Å². The van der Waals surface area contributed by atoms with Gasteiger partial charge in [0.2, 0.25) is 0 Å². The van der Waals surface area contributed by atoms with Crippen molar-refractivity contribution in [2.45, 2.75) is 157 Å². The molecule has 0 fully saturated rings. The lowest BCUT2D eigenvalue weighted by Gasteiger charge is -2.45. The van der Waals surface area contributed by atoms with Gasteiger partial charge in [-0.05, 0) is 223 Å². The molecule has 0 atom stereocenters. The second-order valence-electron chi connectivity index (χ2n) is 34.3. The lowest BCUT2D eigenvalue weighted by atomic mass is 9.33. The van der Waals surface area contributed by atoms with Gasteiger partial charge in [-0.15, -0.1) is 0 Å². The quantitative estimate of drug-likeness (QED) is 0.134. The van der Waals surface area contributed by atoms with Gasteiger partial charge in [-0.1, -0.05) is 294 Å². The van der Waals surface area contributed by atoms with Crippen LogP contribution in [0.5, 0.6) is 0 Å². The minimum atomic E-state index is -0.159. The molecule has 1 aromatic heterocycles. The van der Waals surface area contributed by atoms with Crippen LogP contribution in [0, 0.1) is 0 Å². The van der Waals surface area contributed by atoms with Crippen molar-refractivity contribution in [3.8, 4) is 78.1 Å². The van der Waals surface area contributed by atoms with Gasteiger partial charge in [-0.25, -0.2) is 4.98 Å². The summed E-state index contributed by atoms with van der Waals surface area (Å²) in [5.74, 6) is 0. The Morgan fingerprint density at radius 2 is 0.495 bits per heavy atom. The molecule has 0 radical (unpaired) electrons. The van der Waals surface area contributed by atoms with E-state index in [2.05, 4.69) is 389 Å². The molecule has 494 valence electrons. The molecule has 14 rings (SSSR count). The van der Waals surface area contributed by atoms with Crippen LogP contribution in [0.15, 0.2) is 255 Å². The number of benzene rings is 11. The number of fused-ring (bicyclic) bond motifs is 4. The van der Waals surface area contributed by atoms with Crippen molar-refractivity contribution in [2.24, 2.45) is 0 Å². The van der Waals surface area contributed by atoms with E-state index in [0.29, 0.717) is 0 Å². The van der Waals surface area contributed by atoms with Crippen LogP contribution in [0.2, 0.25) is 0 Å². The molecule has 4 heteroatoms. The van der Waals surface area contributed by atoms with Crippen molar-refractivity contribution >= 4 is 57.2 Å². The molecule has 0 N–H and O–H groups in total. The molecule has 0 amide bonds. The van der Waals surface area contributed by atoms with Gasteiger partial charge in [0, 0.05) is 45.3 Å². The molecule has 99 heavy (non-hydrogen) atoms. The number of aromatic nitrogens is 1. The molecule has 0 saturated carbocycles. The highest BCUT2D eigenvalue weighted by Crippen LogP contribution is 2.51. The number of nitrogens with zero attached hydrogens (tertiary/aromatic N) is 3. The summed E-state index contributed by atoms with van der Waals surface area (Å²) in [6.45, 7) is 42.1. The van der Waals surface area contributed by atoms with Crippen molar-refractivity contribution in [1.82, 2.24) is 4.98 Å². The number of hydrogen-bond donors (Lipinski definition) is 0. The Morgan fingerprint density at radius 3 is 0.798 bits per heavy atom. The van der Waals surface area contributed by atoms with Crippen LogP contribution in [-0.2, 0) is 32.5 Å². The summed E-state index contributed by atoms with van der Waals surface area (Å²) in [5, 5.41) is 0. The standard InChI is InChI=1S/C95H96BN3/c1-90(2,3)73-39-41-81-85(59-73)98(79-49-65(61-31-23-19-24-32-61)43-66(50-79)62-33-25-20-26-34-62)87-55-72(84-54-70(69-45-75(92(7,8)9)57-76(46-69)93(10,11)12)53-83(97-84)71-47-77(94(13,14)15)58-78(48-71)95(16,17)18)56-88-89(87)96(81)82-42-40-74(91(4,5)6)60-86(82)99(88)80-51-67(63-35-27-21-28-36-63)44-68(52-80)64-37-29-22-30-38-64/h19-60H,1-18H3. The first kappa shape index (κ1) is 66.5. The maximum atomic E-state index is 6.10. The zero-order valence-corrected chi connectivity index (χ0v) is 61.7. The van der Waals surface area contributed by atoms with Gasteiger partial charge in [0.15, 0.2) is 0 Å². The highest BCUT2D eigenvalue weighted by Gasteiger charge is 2.45. The minimum absolute atomic E-state index is 0.107. The fourth-order valence-corrected chi connectivity index (χ4v) is 14.6. The maximum absolute atomic E-state index is 6.10. The Labute approximate surface area is 591 Å². The molecule has 0 spiro atoms. The van der Waals surface area contributed by atoms with E-state index in [4.69, 9.17) is 4.98 Å². The third-order valence-corrected chi connectivity index (χ3v) is 20.7.